The Morgan fingerprint density at radius 1 is 1.14 bits per heavy atom. The molecule has 0 atom stereocenters. The first-order valence-corrected chi connectivity index (χ1v) is 13.6. The van der Waals surface area contributed by atoms with E-state index in [1.807, 2.05) is 31.2 Å². The molecule has 1 aromatic carbocycles. The second-order valence-electron chi connectivity index (χ2n) is 8.89. The number of para-hydroxylation sites is 1. The van der Waals surface area contributed by atoms with E-state index in [1.54, 1.807) is 23.5 Å². The van der Waals surface area contributed by atoms with Gasteiger partial charge in [-0.05, 0) is 44.0 Å². The second-order valence-corrected chi connectivity index (χ2v) is 10.6. The molecule has 0 unspecified atom stereocenters. The van der Waals surface area contributed by atoms with Gasteiger partial charge in [-0.3, -0.25) is 19.1 Å². The van der Waals surface area contributed by atoms with Gasteiger partial charge in [-0.1, -0.05) is 42.2 Å². The van der Waals surface area contributed by atoms with E-state index in [0.717, 1.165) is 24.5 Å². The molecule has 2 saturated heterocycles. The van der Waals surface area contributed by atoms with Gasteiger partial charge in [-0.2, -0.15) is 5.26 Å². The smallest absolute Gasteiger partial charge is 0.270 e. The first-order chi connectivity index (χ1) is 17.9. The number of thiocarbonyl (C=S) groups is 1. The standard InChI is InChI=1S/C27H31N5O3S2/c1-4-31-24(30-14-12-29(13-15-30)20-9-6-5-7-10-20)21(19(2)22(18-28)25(31)33)17-23-26(34)32(27(36)37-23)11-8-16-35-3/h5-7,9-10,17H,4,8,11-16H2,1-3H3/b23-17-. The van der Waals surface area contributed by atoms with Crippen molar-refractivity contribution in [2.45, 2.75) is 26.8 Å². The Labute approximate surface area is 227 Å². The number of nitriles is 1. The van der Waals surface area contributed by atoms with E-state index in [0.29, 0.717) is 54.0 Å². The molecule has 0 radical (unpaired) electrons. The number of piperazine rings is 1. The van der Waals surface area contributed by atoms with Crippen LogP contribution in [0.1, 0.15) is 30.0 Å². The van der Waals surface area contributed by atoms with Crippen molar-refractivity contribution in [2.24, 2.45) is 0 Å². The highest BCUT2D eigenvalue weighted by Crippen LogP contribution is 2.36. The van der Waals surface area contributed by atoms with Crippen LogP contribution < -0.4 is 15.4 Å². The predicted octanol–water partition coefficient (Wildman–Crippen LogP) is 3.61. The third-order valence-electron chi connectivity index (χ3n) is 6.74. The van der Waals surface area contributed by atoms with E-state index in [2.05, 4.69) is 28.0 Å². The number of carbonyl (C=O) groups is 1. The normalized spacial score (nSPS) is 17.1. The number of thioether (sulfide) groups is 1. The topological polar surface area (TPSA) is 81.8 Å². The number of ether oxygens (including phenoxy) is 1. The summed E-state index contributed by atoms with van der Waals surface area (Å²) in [5.74, 6) is 0.597. The highest BCUT2D eigenvalue weighted by atomic mass is 32.2. The minimum atomic E-state index is -0.299. The van der Waals surface area contributed by atoms with Gasteiger partial charge in [0.25, 0.3) is 11.5 Å². The van der Waals surface area contributed by atoms with Crippen molar-refractivity contribution in [1.82, 2.24) is 9.47 Å². The molecule has 10 heteroatoms. The van der Waals surface area contributed by atoms with Crippen molar-refractivity contribution in [1.29, 1.82) is 5.26 Å². The van der Waals surface area contributed by atoms with Crippen molar-refractivity contribution in [3.63, 3.8) is 0 Å². The summed E-state index contributed by atoms with van der Waals surface area (Å²) in [7, 11) is 1.63. The maximum atomic E-state index is 13.3. The zero-order valence-electron chi connectivity index (χ0n) is 21.4. The number of hydrogen-bond acceptors (Lipinski definition) is 8. The van der Waals surface area contributed by atoms with E-state index in [-0.39, 0.29) is 17.0 Å². The molecule has 3 heterocycles. The Kier molecular flexibility index (Phi) is 8.69. The average molecular weight is 538 g/mol. The van der Waals surface area contributed by atoms with Crippen LogP contribution in [0.5, 0.6) is 0 Å². The number of benzene rings is 1. The lowest BCUT2D eigenvalue weighted by atomic mass is 10.0. The number of amides is 1. The summed E-state index contributed by atoms with van der Waals surface area (Å²) in [6, 6.07) is 12.4. The molecule has 0 N–H and O–H groups in total. The van der Waals surface area contributed by atoms with E-state index in [4.69, 9.17) is 17.0 Å². The minimum absolute atomic E-state index is 0.107. The number of rotatable bonds is 8. The Bertz CT molecular complexity index is 1310. The first-order valence-electron chi connectivity index (χ1n) is 12.4. The predicted molar refractivity (Wildman–Crippen MR) is 153 cm³/mol. The molecule has 2 aromatic rings. The molecule has 0 bridgehead atoms. The van der Waals surface area contributed by atoms with Gasteiger partial charge in [0.2, 0.25) is 0 Å². The Hall–Kier alpha value is -3.13. The van der Waals surface area contributed by atoms with Gasteiger partial charge >= 0.3 is 0 Å². The summed E-state index contributed by atoms with van der Waals surface area (Å²) in [6.07, 6.45) is 2.50. The van der Waals surface area contributed by atoms with Crippen LogP contribution in [0.3, 0.4) is 0 Å². The Morgan fingerprint density at radius 3 is 2.43 bits per heavy atom. The molecule has 2 aliphatic rings. The van der Waals surface area contributed by atoms with Crippen molar-refractivity contribution in [3.8, 4) is 6.07 Å². The highest BCUT2D eigenvalue weighted by molar-refractivity contribution is 8.26. The number of hydrogen-bond donors (Lipinski definition) is 0. The summed E-state index contributed by atoms with van der Waals surface area (Å²) in [6.45, 7) is 8.14. The monoisotopic (exact) mass is 537 g/mol. The van der Waals surface area contributed by atoms with Crippen LogP contribution in [0.4, 0.5) is 11.5 Å². The van der Waals surface area contributed by atoms with Gasteiger partial charge in [0.1, 0.15) is 21.8 Å². The molecule has 2 aliphatic heterocycles. The number of nitrogens with zero attached hydrogens (tertiary/aromatic N) is 5. The van der Waals surface area contributed by atoms with Crippen LogP contribution in [0, 0.1) is 18.3 Å². The number of anilines is 2. The van der Waals surface area contributed by atoms with Gasteiger partial charge in [0, 0.05) is 64.2 Å². The maximum absolute atomic E-state index is 13.3. The number of methoxy groups -OCH3 is 1. The fraction of sp³-hybridized carbons (Fsp3) is 0.407. The van der Waals surface area contributed by atoms with E-state index >= 15 is 0 Å². The molecule has 37 heavy (non-hydrogen) atoms. The third kappa shape index (κ3) is 5.44. The number of pyridine rings is 1. The molecular formula is C27H31N5O3S2. The SMILES string of the molecule is CCn1c(N2CCN(c3ccccc3)CC2)c(/C=C2\SC(=S)N(CCCOC)C2=O)c(C)c(C#N)c1=O. The summed E-state index contributed by atoms with van der Waals surface area (Å²) >= 11 is 6.75. The lowest BCUT2D eigenvalue weighted by Crippen LogP contribution is -2.48. The molecule has 194 valence electrons. The first kappa shape index (κ1) is 26.9. The zero-order chi connectivity index (χ0) is 26.5. The Balaban J connectivity index is 1.73. The van der Waals surface area contributed by atoms with Gasteiger partial charge in [-0.15, -0.1) is 0 Å². The lowest BCUT2D eigenvalue weighted by Gasteiger charge is -2.39. The van der Waals surface area contributed by atoms with Crippen LogP contribution in [0.25, 0.3) is 6.08 Å². The summed E-state index contributed by atoms with van der Waals surface area (Å²) in [5, 5.41) is 9.81. The van der Waals surface area contributed by atoms with Gasteiger partial charge in [0.05, 0.1) is 4.91 Å². The second kappa shape index (κ2) is 11.9. The van der Waals surface area contributed by atoms with Crippen LogP contribution in [-0.2, 0) is 16.1 Å². The highest BCUT2D eigenvalue weighted by Gasteiger charge is 2.33. The summed E-state index contributed by atoms with van der Waals surface area (Å²) < 4.78 is 7.29. The largest absolute Gasteiger partial charge is 0.385 e. The average Bonchev–Trinajstić information content (AvgIpc) is 3.18. The van der Waals surface area contributed by atoms with E-state index in [1.165, 1.54) is 17.4 Å². The fourth-order valence-electron chi connectivity index (χ4n) is 4.78. The van der Waals surface area contributed by atoms with E-state index in [9.17, 15) is 14.9 Å². The molecule has 8 nitrogen and oxygen atoms in total. The quantitative estimate of drug-likeness (QED) is 0.287. The zero-order valence-corrected chi connectivity index (χ0v) is 23.0. The molecule has 0 spiro atoms. The van der Waals surface area contributed by atoms with Gasteiger partial charge < -0.3 is 14.5 Å². The molecule has 4 rings (SSSR count). The summed E-state index contributed by atoms with van der Waals surface area (Å²) in [4.78, 5) is 33.1. The number of carbonyl (C=O) groups excluding carboxylic acids is 1. The van der Waals surface area contributed by atoms with Gasteiger partial charge in [0.15, 0.2) is 0 Å². The van der Waals surface area contributed by atoms with Crippen molar-refractivity contribution in [3.05, 3.63) is 62.3 Å². The van der Waals surface area contributed by atoms with Crippen molar-refractivity contribution in [2.75, 3.05) is 56.2 Å². The van der Waals surface area contributed by atoms with Crippen LogP contribution in [0.15, 0.2) is 40.0 Å². The maximum Gasteiger partial charge on any atom is 0.270 e. The molecular weight excluding hydrogens is 506 g/mol. The minimum Gasteiger partial charge on any atom is -0.385 e. The number of aromatic nitrogens is 1. The lowest BCUT2D eigenvalue weighted by molar-refractivity contribution is -0.122. The van der Waals surface area contributed by atoms with Crippen molar-refractivity contribution < 1.29 is 9.53 Å². The van der Waals surface area contributed by atoms with Crippen LogP contribution in [-0.4, -0.2) is 66.1 Å². The van der Waals surface area contributed by atoms with E-state index < -0.39 is 0 Å². The molecule has 0 saturated carbocycles. The summed E-state index contributed by atoms with van der Waals surface area (Å²) in [5.41, 5.74) is 2.29. The Morgan fingerprint density at radius 2 is 1.81 bits per heavy atom. The molecule has 1 aromatic heterocycles. The molecule has 2 fully saturated rings. The van der Waals surface area contributed by atoms with Crippen molar-refractivity contribution >= 4 is 51.8 Å². The third-order valence-corrected chi connectivity index (χ3v) is 8.12. The fourth-order valence-corrected chi connectivity index (χ4v) is 6.07. The van der Waals surface area contributed by atoms with Crippen LogP contribution >= 0.6 is 24.0 Å². The van der Waals surface area contributed by atoms with Crippen LogP contribution in [0.2, 0.25) is 0 Å². The van der Waals surface area contributed by atoms with Gasteiger partial charge in [-0.25, -0.2) is 0 Å². The molecule has 1 amide bonds. The molecule has 0 aliphatic carbocycles.